The standard InChI is InChI=1S/C20H24F3N3/c1-2-16-13-25(14-17-6-4-3-5-7-17)10-11-26(15-16)19-12-18(8-9-24-19)20(21,22)23/h3-9,12,16H,2,10-11,13-15H2,1H3. The second kappa shape index (κ2) is 8.08. The van der Waals surface area contributed by atoms with Gasteiger partial charge < -0.3 is 4.90 Å². The molecule has 1 aromatic heterocycles. The third kappa shape index (κ3) is 4.75. The van der Waals surface area contributed by atoms with E-state index in [-0.39, 0.29) is 0 Å². The van der Waals surface area contributed by atoms with E-state index in [2.05, 4.69) is 28.9 Å². The van der Waals surface area contributed by atoms with Crippen LogP contribution in [0, 0.1) is 5.92 Å². The van der Waals surface area contributed by atoms with Crippen molar-refractivity contribution in [2.75, 3.05) is 31.1 Å². The van der Waals surface area contributed by atoms with Gasteiger partial charge in [-0.1, -0.05) is 43.7 Å². The van der Waals surface area contributed by atoms with Crippen LogP contribution in [0.25, 0.3) is 0 Å². The fraction of sp³-hybridized carbons (Fsp3) is 0.450. The first-order valence-corrected chi connectivity index (χ1v) is 9.00. The molecule has 3 rings (SSSR count). The first-order chi connectivity index (χ1) is 12.5. The van der Waals surface area contributed by atoms with Crippen LogP contribution in [0.15, 0.2) is 48.7 Å². The molecule has 0 amide bonds. The monoisotopic (exact) mass is 363 g/mol. The van der Waals surface area contributed by atoms with Gasteiger partial charge in [0.1, 0.15) is 5.82 Å². The number of pyridine rings is 1. The van der Waals surface area contributed by atoms with E-state index in [4.69, 9.17) is 0 Å². The quantitative estimate of drug-likeness (QED) is 0.800. The number of hydrogen-bond donors (Lipinski definition) is 0. The van der Waals surface area contributed by atoms with E-state index >= 15 is 0 Å². The highest BCUT2D eigenvalue weighted by Gasteiger charge is 2.31. The summed E-state index contributed by atoms with van der Waals surface area (Å²) in [6.45, 7) is 6.16. The van der Waals surface area contributed by atoms with Gasteiger partial charge in [-0.2, -0.15) is 13.2 Å². The van der Waals surface area contributed by atoms with Crippen LogP contribution < -0.4 is 4.90 Å². The molecule has 3 nitrogen and oxygen atoms in total. The van der Waals surface area contributed by atoms with Crippen molar-refractivity contribution >= 4 is 5.82 Å². The predicted molar refractivity (Wildman–Crippen MR) is 97.0 cm³/mol. The Balaban J connectivity index is 1.74. The molecular formula is C20H24F3N3. The van der Waals surface area contributed by atoms with Crippen LogP contribution in [0.4, 0.5) is 19.0 Å². The zero-order valence-corrected chi connectivity index (χ0v) is 14.9. The maximum absolute atomic E-state index is 13.0. The Morgan fingerprint density at radius 3 is 2.54 bits per heavy atom. The molecule has 1 atom stereocenters. The number of hydrogen-bond acceptors (Lipinski definition) is 3. The molecule has 1 unspecified atom stereocenters. The summed E-state index contributed by atoms with van der Waals surface area (Å²) in [6.07, 6.45) is -2.10. The molecular weight excluding hydrogens is 339 g/mol. The van der Waals surface area contributed by atoms with Gasteiger partial charge in [0.15, 0.2) is 0 Å². The molecule has 1 aromatic carbocycles. The molecule has 1 aliphatic heterocycles. The largest absolute Gasteiger partial charge is 0.416 e. The van der Waals surface area contributed by atoms with Crippen LogP contribution in [0.1, 0.15) is 24.5 Å². The summed E-state index contributed by atoms with van der Waals surface area (Å²) in [5, 5.41) is 0. The summed E-state index contributed by atoms with van der Waals surface area (Å²) in [5.74, 6) is 0.817. The fourth-order valence-corrected chi connectivity index (χ4v) is 3.40. The summed E-state index contributed by atoms with van der Waals surface area (Å²) in [4.78, 5) is 8.58. The molecule has 140 valence electrons. The Kier molecular flexibility index (Phi) is 5.81. The molecule has 2 heterocycles. The first kappa shape index (κ1) is 18.7. The van der Waals surface area contributed by atoms with Crippen molar-refractivity contribution in [3.05, 3.63) is 59.8 Å². The molecule has 0 bridgehead atoms. The fourth-order valence-electron chi connectivity index (χ4n) is 3.40. The second-order valence-corrected chi connectivity index (χ2v) is 6.84. The van der Waals surface area contributed by atoms with Crippen molar-refractivity contribution in [1.29, 1.82) is 0 Å². The molecule has 0 spiro atoms. The average molecular weight is 363 g/mol. The third-order valence-corrected chi connectivity index (χ3v) is 4.90. The van der Waals surface area contributed by atoms with E-state index in [1.807, 2.05) is 23.1 Å². The summed E-state index contributed by atoms with van der Waals surface area (Å²) in [6, 6.07) is 12.5. The lowest BCUT2D eigenvalue weighted by Crippen LogP contribution is -2.31. The van der Waals surface area contributed by atoms with E-state index in [0.29, 0.717) is 18.3 Å². The van der Waals surface area contributed by atoms with E-state index in [0.717, 1.165) is 38.7 Å². The van der Waals surface area contributed by atoms with Gasteiger partial charge in [0.2, 0.25) is 0 Å². The van der Waals surface area contributed by atoms with Crippen LogP contribution in [0.2, 0.25) is 0 Å². The van der Waals surface area contributed by atoms with Crippen LogP contribution in [-0.4, -0.2) is 36.1 Å². The topological polar surface area (TPSA) is 19.4 Å². The van der Waals surface area contributed by atoms with E-state index in [1.165, 1.54) is 17.8 Å². The highest BCUT2D eigenvalue weighted by Crippen LogP contribution is 2.31. The van der Waals surface area contributed by atoms with Crippen LogP contribution in [-0.2, 0) is 12.7 Å². The van der Waals surface area contributed by atoms with Crippen LogP contribution in [0.5, 0.6) is 0 Å². The molecule has 1 aliphatic rings. The van der Waals surface area contributed by atoms with E-state index in [9.17, 15) is 13.2 Å². The maximum Gasteiger partial charge on any atom is 0.416 e. The number of rotatable bonds is 4. The Morgan fingerprint density at radius 2 is 1.85 bits per heavy atom. The third-order valence-electron chi connectivity index (χ3n) is 4.90. The lowest BCUT2D eigenvalue weighted by Gasteiger charge is -2.25. The molecule has 1 fully saturated rings. The molecule has 0 radical (unpaired) electrons. The molecule has 0 N–H and O–H groups in total. The van der Waals surface area contributed by atoms with Gasteiger partial charge in [-0.05, 0) is 23.6 Å². The number of alkyl halides is 3. The normalized spacial score (nSPS) is 19.4. The van der Waals surface area contributed by atoms with Crippen molar-refractivity contribution in [3.8, 4) is 0 Å². The summed E-state index contributed by atoms with van der Waals surface area (Å²) < 4.78 is 39.0. The van der Waals surface area contributed by atoms with Crippen LogP contribution in [0.3, 0.4) is 0 Å². The van der Waals surface area contributed by atoms with Gasteiger partial charge in [0.25, 0.3) is 0 Å². The lowest BCUT2D eigenvalue weighted by atomic mass is 10.1. The summed E-state index contributed by atoms with van der Waals surface area (Å²) in [5.41, 5.74) is 0.619. The molecule has 0 saturated carbocycles. The number of anilines is 1. The molecule has 2 aromatic rings. The van der Waals surface area contributed by atoms with Gasteiger partial charge in [-0.25, -0.2) is 4.98 Å². The zero-order chi connectivity index (χ0) is 18.6. The Labute approximate surface area is 152 Å². The molecule has 26 heavy (non-hydrogen) atoms. The van der Waals surface area contributed by atoms with Crippen molar-refractivity contribution < 1.29 is 13.2 Å². The van der Waals surface area contributed by atoms with Crippen molar-refractivity contribution in [2.24, 2.45) is 5.92 Å². The number of aromatic nitrogens is 1. The summed E-state index contributed by atoms with van der Waals surface area (Å²) >= 11 is 0. The highest BCUT2D eigenvalue weighted by molar-refractivity contribution is 5.42. The van der Waals surface area contributed by atoms with Gasteiger partial charge >= 0.3 is 6.18 Å². The molecule has 0 aliphatic carbocycles. The molecule has 6 heteroatoms. The Bertz CT molecular complexity index is 703. The number of halogens is 3. The van der Waals surface area contributed by atoms with Crippen molar-refractivity contribution in [1.82, 2.24) is 9.88 Å². The van der Waals surface area contributed by atoms with Crippen molar-refractivity contribution in [2.45, 2.75) is 26.1 Å². The van der Waals surface area contributed by atoms with E-state index < -0.39 is 11.7 Å². The second-order valence-electron chi connectivity index (χ2n) is 6.84. The van der Waals surface area contributed by atoms with Gasteiger partial charge in [0.05, 0.1) is 5.56 Å². The Morgan fingerprint density at radius 1 is 1.08 bits per heavy atom. The predicted octanol–water partition coefficient (Wildman–Crippen LogP) is 4.45. The van der Waals surface area contributed by atoms with Gasteiger partial charge in [-0.3, -0.25) is 4.90 Å². The smallest absolute Gasteiger partial charge is 0.355 e. The number of benzene rings is 1. The summed E-state index contributed by atoms with van der Waals surface area (Å²) in [7, 11) is 0. The molecule has 1 saturated heterocycles. The van der Waals surface area contributed by atoms with Gasteiger partial charge in [0, 0.05) is 38.9 Å². The zero-order valence-electron chi connectivity index (χ0n) is 14.9. The van der Waals surface area contributed by atoms with E-state index in [1.54, 1.807) is 0 Å². The average Bonchev–Trinajstić information content (AvgIpc) is 2.84. The Hall–Kier alpha value is -2.08. The van der Waals surface area contributed by atoms with Crippen LogP contribution >= 0.6 is 0 Å². The minimum Gasteiger partial charge on any atom is -0.355 e. The number of nitrogens with zero attached hydrogens (tertiary/aromatic N) is 3. The van der Waals surface area contributed by atoms with Crippen molar-refractivity contribution in [3.63, 3.8) is 0 Å². The minimum absolute atomic E-state index is 0.401. The first-order valence-electron chi connectivity index (χ1n) is 9.00. The maximum atomic E-state index is 13.0. The SMILES string of the molecule is CCC1CN(Cc2ccccc2)CCN(c2cc(C(F)(F)F)ccn2)C1. The minimum atomic E-state index is -4.34. The highest BCUT2D eigenvalue weighted by atomic mass is 19.4. The lowest BCUT2D eigenvalue weighted by molar-refractivity contribution is -0.137. The van der Waals surface area contributed by atoms with Gasteiger partial charge in [-0.15, -0.1) is 0 Å².